The molecule has 0 N–H and O–H groups in total. The normalized spacial score (nSPS) is 11.7. The van der Waals surface area contributed by atoms with Crippen LogP contribution in [0.2, 0.25) is 0 Å². The fraction of sp³-hybridized carbons (Fsp3) is 0.238. The predicted molar refractivity (Wildman–Crippen MR) is 102 cm³/mol. The van der Waals surface area contributed by atoms with Crippen molar-refractivity contribution < 1.29 is 28.2 Å². The van der Waals surface area contributed by atoms with Gasteiger partial charge in [-0.25, -0.2) is 4.79 Å². The van der Waals surface area contributed by atoms with Gasteiger partial charge in [-0.1, -0.05) is 0 Å². The number of carbonyl (C=O) groups excluding carboxylic acids is 1. The summed E-state index contributed by atoms with van der Waals surface area (Å²) >= 11 is 0. The van der Waals surface area contributed by atoms with E-state index in [4.69, 9.17) is 23.4 Å². The fourth-order valence-corrected chi connectivity index (χ4v) is 2.52. The van der Waals surface area contributed by atoms with Crippen LogP contribution in [-0.4, -0.2) is 25.8 Å². The molecule has 1 unspecified atom stereocenters. The Morgan fingerprint density at radius 3 is 2.43 bits per heavy atom. The van der Waals surface area contributed by atoms with Crippen LogP contribution in [0.5, 0.6) is 23.0 Å². The van der Waals surface area contributed by atoms with Crippen molar-refractivity contribution >= 4 is 16.9 Å². The van der Waals surface area contributed by atoms with E-state index < -0.39 is 12.1 Å². The van der Waals surface area contributed by atoms with Crippen LogP contribution in [0.3, 0.4) is 0 Å². The van der Waals surface area contributed by atoms with Crippen LogP contribution in [0.15, 0.2) is 57.9 Å². The molecule has 2 aromatic carbocycles. The second-order valence-corrected chi connectivity index (χ2v) is 5.88. The van der Waals surface area contributed by atoms with Gasteiger partial charge >= 0.3 is 5.97 Å². The van der Waals surface area contributed by atoms with Gasteiger partial charge in [0.15, 0.2) is 6.10 Å². The van der Waals surface area contributed by atoms with E-state index in [1.165, 1.54) is 6.26 Å². The molecule has 0 bridgehead atoms. The molecule has 7 nitrogen and oxygen atoms in total. The molecule has 3 aromatic rings. The first-order valence-electron chi connectivity index (χ1n) is 8.72. The van der Waals surface area contributed by atoms with Gasteiger partial charge in [-0.3, -0.25) is 4.79 Å². The van der Waals surface area contributed by atoms with E-state index in [1.807, 2.05) is 0 Å². The molecule has 7 heteroatoms. The maximum absolute atomic E-state index is 12.7. The SMILES string of the molecule is CCOC(=O)C(C)Oc1ccc2c(=O)c(Oc3ccc(OC)cc3)coc2c1. The highest BCUT2D eigenvalue weighted by molar-refractivity contribution is 5.79. The van der Waals surface area contributed by atoms with Crippen molar-refractivity contribution in [1.29, 1.82) is 0 Å². The lowest BCUT2D eigenvalue weighted by molar-refractivity contribution is -0.150. The zero-order chi connectivity index (χ0) is 20.1. The zero-order valence-electron chi connectivity index (χ0n) is 15.8. The number of ether oxygens (including phenoxy) is 4. The number of carbonyl (C=O) groups is 1. The standard InChI is InChI=1S/C21H20O7/c1-4-25-21(23)13(2)27-16-9-10-17-18(11-16)26-12-19(20(17)22)28-15-7-5-14(24-3)6-8-15/h5-13H,4H2,1-3H3. The molecular weight excluding hydrogens is 364 g/mol. The Balaban J connectivity index is 1.82. The highest BCUT2D eigenvalue weighted by Gasteiger charge is 2.17. The maximum Gasteiger partial charge on any atom is 0.347 e. The third-order valence-corrected chi connectivity index (χ3v) is 3.93. The molecule has 28 heavy (non-hydrogen) atoms. The van der Waals surface area contributed by atoms with Crippen molar-refractivity contribution in [2.24, 2.45) is 0 Å². The molecule has 0 saturated carbocycles. The van der Waals surface area contributed by atoms with Gasteiger partial charge in [0.05, 0.1) is 19.1 Å². The summed E-state index contributed by atoms with van der Waals surface area (Å²) in [5, 5.41) is 0.335. The molecule has 0 aliphatic carbocycles. The van der Waals surface area contributed by atoms with E-state index in [9.17, 15) is 9.59 Å². The van der Waals surface area contributed by atoms with Gasteiger partial charge in [0, 0.05) is 6.07 Å². The van der Waals surface area contributed by atoms with E-state index in [2.05, 4.69) is 0 Å². The third kappa shape index (κ3) is 4.25. The van der Waals surface area contributed by atoms with Crippen molar-refractivity contribution in [2.75, 3.05) is 13.7 Å². The van der Waals surface area contributed by atoms with Gasteiger partial charge in [-0.05, 0) is 50.2 Å². The quantitative estimate of drug-likeness (QED) is 0.571. The van der Waals surface area contributed by atoms with Gasteiger partial charge < -0.3 is 23.4 Å². The van der Waals surface area contributed by atoms with Crippen LogP contribution in [0.25, 0.3) is 11.0 Å². The van der Waals surface area contributed by atoms with Gasteiger partial charge in [-0.2, -0.15) is 0 Å². The molecule has 0 fully saturated rings. The smallest absolute Gasteiger partial charge is 0.347 e. The van der Waals surface area contributed by atoms with Crippen LogP contribution in [0.4, 0.5) is 0 Å². The molecular formula is C21H20O7. The Labute approximate surface area is 161 Å². The largest absolute Gasteiger partial charge is 0.497 e. The third-order valence-electron chi connectivity index (χ3n) is 3.93. The lowest BCUT2D eigenvalue weighted by atomic mass is 10.2. The molecule has 0 aliphatic rings. The second kappa shape index (κ2) is 8.47. The summed E-state index contributed by atoms with van der Waals surface area (Å²) < 4.78 is 26.7. The van der Waals surface area contributed by atoms with Crippen LogP contribution >= 0.6 is 0 Å². The van der Waals surface area contributed by atoms with Gasteiger partial charge in [-0.15, -0.1) is 0 Å². The highest BCUT2D eigenvalue weighted by Crippen LogP contribution is 2.25. The Hall–Kier alpha value is -3.48. The van der Waals surface area contributed by atoms with E-state index in [1.54, 1.807) is 63.4 Å². The number of fused-ring (bicyclic) bond motifs is 1. The Morgan fingerprint density at radius 1 is 1.07 bits per heavy atom. The van der Waals surface area contributed by atoms with Crippen molar-refractivity contribution in [3.05, 3.63) is 59.0 Å². The number of benzene rings is 2. The molecule has 1 aromatic heterocycles. The van der Waals surface area contributed by atoms with E-state index in [0.29, 0.717) is 28.2 Å². The molecule has 1 heterocycles. The summed E-state index contributed by atoms with van der Waals surface area (Å²) in [6.07, 6.45) is 0.467. The van der Waals surface area contributed by atoms with Crippen molar-refractivity contribution in [3.63, 3.8) is 0 Å². The maximum atomic E-state index is 12.7. The van der Waals surface area contributed by atoms with Crippen molar-refractivity contribution in [1.82, 2.24) is 0 Å². The van der Waals surface area contributed by atoms with Crippen molar-refractivity contribution in [2.45, 2.75) is 20.0 Å². The lowest BCUT2D eigenvalue weighted by Gasteiger charge is -2.13. The number of methoxy groups -OCH3 is 1. The van der Waals surface area contributed by atoms with E-state index in [-0.39, 0.29) is 17.8 Å². The monoisotopic (exact) mass is 384 g/mol. The minimum Gasteiger partial charge on any atom is -0.497 e. The summed E-state index contributed by atoms with van der Waals surface area (Å²) in [5.74, 6) is 1.15. The van der Waals surface area contributed by atoms with Gasteiger partial charge in [0.25, 0.3) is 0 Å². The molecule has 1 atom stereocenters. The molecule has 0 amide bonds. The first kappa shape index (κ1) is 19.3. The average Bonchev–Trinajstić information content (AvgIpc) is 2.71. The Bertz CT molecular complexity index is 1020. The molecule has 0 radical (unpaired) electrons. The van der Waals surface area contributed by atoms with E-state index in [0.717, 1.165) is 0 Å². The molecule has 0 spiro atoms. The summed E-state index contributed by atoms with van der Waals surface area (Å²) in [7, 11) is 1.57. The van der Waals surface area contributed by atoms with Crippen LogP contribution in [-0.2, 0) is 9.53 Å². The minimum atomic E-state index is -0.776. The Morgan fingerprint density at radius 2 is 1.75 bits per heavy atom. The van der Waals surface area contributed by atoms with Crippen LogP contribution in [0, 0.1) is 0 Å². The van der Waals surface area contributed by atoms with Gasteiger partial charge in [0.1, 0.15) is 29.1 Å². The number of hydrogen-bond acceptors (Lipinski definition) is 7. The minimum absolute atomic E-state index is 0.0613. The summed E-state index contributed by atoms with van der Waals surface area (Å²) in [4.78, 5) is 24.3. The first-order valence-corrected chi connectivity index (χ1v) is 8.72. The molecule has 0 saturated heterocycles. The average molecular weight is 384 g/mol. The summed E-state index contributed by atoms with van der Waals surface area (Å²) in [6.45, 7) is 3.58. The second-order valence-electron chi connectivity index (χ2n) is 5.88. The molecule has 0 aliphatic heterocycles. The van der Waals surface area contributed by atoms with Crippen molar-refractivity contribution in [3.8, 4) is 23.0 Å². The lowest BCUT2D eigenvalue weighted by Crippen LogP contribution is -2.26. The summed E-state index contributed by atoms with van der Waals surface area (Å²) in [6, 6.07) is 11.5. The number of rotatable bonds is 7. The fourth-order valence-electron chi connectivity index (χ4n) is 2.52. The molecule has 146 valence electrons. The zero-order valence-corrected chi connectivity index (χ0v) is 15.8. The predicted octanol–water partition coefficient (Wildman–Crippen LogP) is 3.92. The van der Waals surface area contributed by atoms with Crippen LogP contribution in [0.1, 0.15) is 13.8 Å². The summed E-state index contributed by atoms with van der Waals surface area (Å²) in [5.41, 5.74) is 0.00250. The molecule has 3 rings (SSSR count). The first-order chi connectivity index (χ1) is 13.5. The van der Waals surface area contributed by atoms with Gasteiger partial charge in [0.2, 0.25) is 11.2 Å². The van der Waals surface area contributed by atoms with E-state index >= 15 is 0 Å². The highest BCUT2D eigenvalue weighted by atomic mass is 16.6. The number of hydrogen-bond donors (Lipinski definition) is 0. The van der Waals surface area contributed by atoms with Crippen LogP contribution < -0.4 is 19.6 Å². The number of esters is 1. The topological polar surface area (TPSA) is 84.2 Å². The Kier molecular flexibility index (Phi) is 5.84.